The topological polar surface area (TPSA) is 95.9 Å². The third kappa shape index (κ3) is 3.12. The van der Waals surface area contributed by atoms with Crippen molar-refractivity contribution in [3.8, 4) is 5.75 Å². The normalized spacial score (nSPS) is 14.0. The number of aromatic carboxylic acids is 1. The number of carboxylic acids is 1. The molecule has 1 heterocycles. The number of carboxylic acid groups (broad SMARTS) is 1. The lowest BCUT2D eigenvalue weighted by Crippen LogP contribution is -2.32. The van der Waals surface area contributed by atoms with Crippen LogP contribution in [0.25, 0.3) is 0 Å². The van der Waals surface area contributed by atoms with Crippen LogP contribution in [-0.2, 0) is 9.59 Å². The summed E-state index contributed by atoms with van der Waals surface area (Å²) in [4.78, 5) is 37.0. The van der Waals surface area contributed by atoms with E-state index in [0.717, 1.165) is 4.90 Å². The van der Waals surface area contributed by atoms with E-state index in [4.69, 9.17) is 21.4 Å². The highest BCUT2D eigenvalue weighted by Crippen LogP contribution is 2.31. The van der Waals surface area contributed by atoms with Crippen molar-refractivity contribution in [1.29, 1.82) is 0 Å². The molecule has 0 saturated heterocycles. The lowest BCUT2D eigenvalue weighted by molar-refractivity contribution is -0.120. The minimum Gasteiger partial charge on any atom is -0.497 e. The molecular weight excluding hydrogens is 360 g/mol. The van der Waals surface area contributed by atoms with Gasteiger partial charge in [-0.05, 0) is 42.5 Å². The molecule has 2 aromatic carbocycles. The molecule has 0 aliphatic carbocycles. The number of rotatable bonds is 5. The zero-order valence-corrected chi connectivity index (χ0v) is 14.3. The first-order valence-electron chi connectivity index (χ1n) is 7.45. The fraction of sp³-hybridized carbons (Fsp3) is 0.0556. The van der Waals surface area contributed by atoms with Crippen LogP contribution in [0.2, 0.25) is 0 Å². The zero-order valence-electron chi connectivity index (χ0n) is 13.5. The van der Waals surface area contributed by atoms with E-state index in [1.54, 1.807) is 30.3 Å². The summed E-state index contributed by atoms with van der Waals surface area (Å²) in [5.41, 5.74) is 0.594. The lowest BCUT2D eigenvalue weighted by atomic mass is 10.2. The number of amides is 2. The maximum absolute atomic E-state index is 12.7. The van der Waals surface area contributed by atoms with Crippen LogP contribution in [0.4, 0.5) is 11.4 Å². The third-order valence-electron chi connectivity index (χ3n) is 3.74. The quantitative estimate of drug-likeness (QED) is 0.783. The largest absolute Gasteiger partial charge is 0.497 e. The van der Waals surface area contributed by atoms with Crippen molar-refractivity contribution in [2.45, 2.75) is 0 Å². The maximum Gasteiger partial charge on any atom is 0.335 e. The van der Waals surface area contributed by atoms with Gasteiger partial charge in [0, 0.05) is 5.69 Å². The molecule has 0 bridgehead atoms. The summed E-state index contributed by atoms with van der Waals surface area (Å²) in [6.45, 7) is 0. The van der Waals surface area contributed by atoms with Crippen molar-refractivity contribution < 1.29 is 24.2 Å². The number of nitrogens with one attached hydrogen (secondary N) is 1. The van der Waals surface area contributed by atoms with Crippen LogP contribution < -0.4 is 15.0 Å². The standard InChI is InChI=1S/C18H13ClN2O5/c1-26-13-7-5-12(6-8-13)21-16(22)14(19)15(17(21)23)20-11-4-2-3-10(9-11)18(24)25/h2-9,20H,1H3,(H,24,25). The number of ether oxygens (including phenoxy) is 1. The van der Waals surface area contributed by atoms with Crippen LogP contribution in [0, 0.1) is 0 Å². The maximum atomic E-state index is 12.7. The molecule has 0 aromatic heterocycles. The molecule has 0 unspecified atom stereocenters. The second kappa shape index (κ2) is 6.89. The Bertz CT molecular complexity index is 937. The summed E-state index contributed by atoms with van der Waals surface area (Å²) in [6, 6.07) is 12.2. The Kier molecular flexibility index (Phi) is 4.64. The highest BCUT2D eigenvalue weighted by molar-refractivity contribution is 6.53. The van der Waals surface area contributed by atoms with Crippen molar-refractivity contribution in [2.75, 3.05) is 17.3 Å². The molecule has 2 N–H and O–H groups in total. The molecule has 8 heteroatoms. The number of methoxy groups -OCH3 is 1. The van der Waals surface area contributed by atoms with Crippen LogP contribution >= 0.6 is 11.6 Å². The number of benzene rings is 2. The van der Waals surface area contributed by atoms with Gasteiger partial charge in [-0.2, -0.15) is 0 Å². The number of imide groups is 1. The SMILES string of the molecule is COc1ccc(N2C(=O)C(Cl)=C(Nc3cccc(C(=O)O)c3)C2=O)cc1. The first-order chi connectivity index (χ1) is 12.4. The summed E-state index contributed by atoms with van der Waals surface area (Å²) < 4.78 is 5.05. The first kappa shape index (κ1) is 17.5. The van der Waals surface area contributed by atoms with Crippen molar-refractivity contribution in [1.82, 2.24) is 0 Å². The van der Waals surface area contributed by atoms with Crippen LogP contribution in [0.5, 0.6) is 5.75 Å². The number of hydrogen-bond acceptors (Lipinski definition) is 5. The van der Waals surface area contributed by atoms with Crippen molar-refractivity contribution >= 4 is 40.8 Å². The second-order valence-corrected chi connectivity index (χ2v) is 5.72. The molecule has 2 amide bonds. The monoisotopic (exact) mass is 372 g/mol. The fourth-order valence-corrected chi connectivity index (χ4v) is 2.66. The first-order valence-corrected chi connectivity index (χ1v) is 7.83. The molecule has 0 radical (unpaired) electrons. The number of nitrogens with zero attached hydrogens (tertiary/aromatic N) is 1. The van der Waals surface area contributed by atoms with Gasteiger partial charge < -0.3 is 15.2 Å². The molecule has 3 rings (SSSR count). The van der Waals surface area contributed by atoms with E-state index in [1.165, 1.54) is 25.3 Å². The van der Waals surface area contributed by atoms with Crippen LogP contribution in [0.15, 0.2) is 59.3 Å². The predicted molar refractivity (Wildman–Crippen MR) is 95.4 cm³/mol. The van der Waals surface area contributed by atoms with E-state index in [0.29, 0.717) is 17.1 Å². The molecule has 1 aliphatic rings. The summed E-state index contributed by atoms with van der Waals surface area (Å²) in [5.74, 6) is -1.83. The van der Waals surface area contributed by atoms with Gasteiger partial charge in [-0.1, -0.05) is 17.7 Å². The summed E-state index contributed by atoms with van der Waals surface area (Å²) >= 11 is 6.04. The van der Waals surface area contributed by atoms with E-state index in [1.807, 2.05) is 0 Å². The zero-order chi connectivity index (χ0) is 18.8. The van der Waals surface area contributed by atoms with E-state index in [-0.39, 0.29) is 16.3 Å². The Morgan fingerprint density at radius 2 is 1.81 bits per heavy atom. The molecule has 0 saturated carbocycles. The fourth-order valence-electron chi connectivity index (χ4n) is 2.45. The minimum absolute atomic E-state index is 0.0375. The average molecular weight is 373 g/mol. The number of halogens is 1. The van der Waals surface area contributed by atoms with E-state index < -0.39 is 17.8 Å². The molecule has 0 atom stereocenters. The van der Waals surface area contributed by atoms with Gasteiger partial charge in [0.25, 0.3) is 11.8 Å². The average Bonchev–Trinajstić information content (AvgIpc) is 2.85. The van der Waals surface area contributed by atoms with Gasteiger partial charge in [0.2, 0.25) is 0 Å². The Labute approximate surface area is 153 Å². The van der Waals surface area contributed by atoms with Gasteiger partial charge in [-0.25, -0.2) is 9.69 Å². The van der Waals surface area contributed by atoms with Crippen molar-refractivity contribution in [2.24, 2.45) is 0 Å². The molecule has 1 aliphatic heterocycles. The smallest absolute Gasteiger partial charge is 0.335 e. The molecule has 132 valence electrons. The summed E-state index contributed by atoms with van der Waals surface area (Å²) in [5, 5.41) is 11.5. The van der Waals surface area contributed by atoms with E-state index in [9.17, 15) is 14.4 Å². The Hall–Kier alpha value is -3.32. The molecule has 26 heavy (non-hydrogen) atoms. The van der Waals surface area contributed by atoms with Gasteiger partial charge in [0.05, 0.1) is 18.4 Å². The van der Waals surface area contributed by atoms with Gasteiger partial charge in [-0.15, -0.1) is 0 Å². The van der Waals surface area contributed by atoms with E-state index in [2.05, 4.69) is 5.32 Å². The van der Waals surface area contributed by atoms with Gasteiger partial charge in [0.15, 0.2) is 0 Å². The van der Waals surface area contributed by atoms with Gasteiger partial charge >= 0.3 is 5.97 Å². The van der Waals surface area contributed by atoms with Crippen LogP contribution in [0.1, 0.15) is 10.4 Å². The Balaban J connectivity index is 1.89. The Morgan fingerprint density at radius 1 is 1.12 bits per heavy atom. The molecule has 0 fully saturated rings. The molecule has 2 aromatic rings. The van der Waals surface area contributed by atoms with Crippen molar-refractivity contribution in [3.05, 3.63) is 64.8 Å². The Morgan fingerprint density at radius 3 is 2.42 bits per heavy atom. The predicted octanol–water partition coefficient (Wildman–Crippen LogP) is 2.83. The van der Waals surface area contributed by atoms with Gasteiger partial charge in [-0.3, -0.25) is 9.59 Å². The third-order valence-corrected chi connectivity index (χ3v) is 4.09. The molecule has 7 nitrogen and oxygen atoms in total. The summed E-state index contributed by atoms with van der Waals surface area (Å²) in [7, 11) is 1.51. The van der Waals surface area contributed by atoms with E-state index >= 15 is 0 Å². The number of carbonyl (C=O) groups excluding carboxylic acids is 2. The van der Waals surface area contributed by atoms with Crippen LogP contribution in [-0.4, -0.2) is 30.0 Å². The highest BCUT2D eigenvalue weighted by Gasteiger charge is 2.39. The lowest BCUT2D eigenvalue weighted by Gasteiger charge is -2.15. The minimum atomic E-state index is -1.11. The number of anilines is 2. The molecule has 0 spiro atoms. The number of carbonyl (C=O) groups is 3. The van der Waals surface area contributed by atoms with Crippen LogP contribution in [0.3, 0.4) is 0 Å². The number of hydrogen-bond donors (Lipinski definition) is 2. The summed E-state index contributed by atoms with van der Waals surface area (Å²) in [6.07, 6.45) is 0. The van der Waals surface area contributed by atoms with Gasteiger partial charge in [0.1, 0.15) is 16.5 Å². The second-order valence-electron chi connectivity index (χ2n) is 5.34. The highest BCUT2D eigenvalue weighted by atomic mass is 35.5. The van der Waals surface area contributed by atoms with Crippen molar-refractivity contribution in [3.63, 3.8) is 0 Å². The molecular formula is C18H13ClN2O5.